The van der Waals surface area contributed by atoms with Gasteiger partial charge in [0.05, 0.1) is 22.2 Å². The van der Waals surface area contributed by atoms with E-state index in [4.69, 9.17) is 4.98 Å². The molecule has 0 unspecified atom stereocenters. The fourth-order valence-electron chi connectivity index (χ4n) is 8.78. The van der Waals surface area contributed by atoms with Crippen LogP contribution in [0.1, 0.15) is 0 Å². The molecule has 0 bridgehead atoms. The number of aromatic nitrogens is 2. The van der Waals surface area contributed by atoms with Gasteiger partial charge >= 0.3 is 0 Å². The van der Waals surface area contributed by atoms with E-state index in [0.717, 1.165) is 67.1 Å². The second-order valence-corrected chi connectivity index (χ2v) is 15.6. The maximum Gasteiger partial charge on any atom is 0.0970 e. The summed E-state index contributed by atoms with van der Waals surface area (Å²) in [6.07, 6.45) is 0. The van der Waals surface area contributed by atoms with Crippen molar-refractivity contribution in [2.24, 2.45) is 0 Å². The summed E-state index contributed by atoms with van der Waals surface area (Å²) >= 11 is 0. The summed E-state index contributed by atoms with van der Waals surface area (Å²) in [6.45, 7) is 0. The molecule has 0 atom stereocenters. The van der Waals surface area contributed by atoms with Gasteiger partial charge in [-0.05, 0) is 111 Å². The number of fused-ring (bicyclic) bond motifs is 3. The highest BCUT2D eigenvalue weighted by Gasteiger charge is 2.18. The largest absolute Gasteiger partial charge is 0.310 e. The van der Waals surface area contributed by atoms with Crippen molar-refractivity contribution in [3.8, 4) is 61.5 Å². The normalized spacial score (nSPS) is 11.2. The van der Waals surface area contributed by atoms with Crippen molar-refractivity contribution in [1.29, 1.82) is 0 Å². The van der Waals surface area contributed by atoms with Crippen LogP contribution in [-0.4, -0.2) is 9.55 Å². The Labute approximate surface area is 362 Å². The molecule has 3 heteroatoms. The van der Waals surface area contributed by atoms with Gasteiger partial charge in [-0.3, -0.25) is 0 Å². The zero-order valence-corrected chi connectivity index (χ0v) is 34.0. The minimum absolute atomic E-state index is 0.972. The van der Waals surface area contributed by atoms with Gasteiger partial charge in [0.15, 0.2) is 0 Å². The molecule has 292 valence electrons. The second kappa shape index (κ2) is 16.1. The highest BCUT2D eigenvalue weighted by molar-refractivity contribution is 6.07. The van der Waals surface area contributed by atoms with Gasteiger partial charge in [-0.1, -0.05) is 182 Å². The monoisotopic (exact) mass is 791 g/mol. The standard InChI is InChI=1S/C59H41N3/c1-5-16-42(17-6-1)43-28-32-49(33-29-43)61(52-36-37-53(45-18-7-2-8-19-45)55(41-52)46-20-9-3-10-21-46)50-34-30-44(31-35-50)48-24-15-25-51(40-48)62-57-27-14-13-26-54(57)59-58(62)39-38-56(60-59)47-22-11-4-12-23-47/h1-41H. The Morgan fingerprint density at radius 1 is 0.306 bits per heavy atom. The smallest absolute Gasteiger partial charge is 0.0970 e. The lowest BCUT2D eigenvalue weighted by Gasteiger charge is -2.27. The maximum absolute atomic E-state index is 5.21. The average molecular weight is 792 g/mol. The third-order valence-electron chi connectivity index (χ3n) is 11.8. The quantitative estimate of drug-likeness (QED) is 0.145. The molecule has 0 radical (unpaired) electrons. The zero-order valence-electron chi connectivity index (χ0n) is 34.0. The molecule has 11 aromatic rings. The lowest BCUT2D eigenvalue weighted by atomic mass is 9.93. The van der Waals surface area contributed by atoms with Crippen LogP contribution in [-0.2, 0) is 0 Å². The van der Waals surface area contributed by atoms with Crippen molar-refractivity contribution >= 4 is 39.0 Å². The predicted octanol–water partition coefficient (Wildman–Crippen LogP) is 16.0. The third-order valence-corrected chi connectivity index (χ3v) is 11.8. The Morgan fingerprint density at radius 3 is 1.45 bits per heavy atom. The molecule has 0 saturated heterocycles. The molecule has 0 saturated carbocycles. The molecular formula is C59H41N3. The van der Waals surface area contributed by atoms with Crippen molar-refractivity contribution in [2.75, 3.05) is 4.90 Å². The summed E-state index contributed by atoms with van der Waals surface area (Å²) in [5.41, 5.74) is 19.1. The van der Waals surface area contributed by atoms with Gasteiger partial charge in [0.25, 0.3) is 0 Å². The number of rotatable bonds is 9. The maximum atomic E-state index is 5.21. The van der Waals surface area contributed by atoms with Crippen LogP contribution in [0, 0.1) is 0 Å². The molecule has 62 heavy (non-hydrogen) atoms. The summed E-state index contributed by atoms with van der Waals surface area (Å²) in [5, 5.41) is 1.14. The van der Waals surface area contributed by atoms with E-state index in [0.29, 0.717) is 0 Å². The number of hydrogen-bond donors (Lipinski definition) is 0. The lowest BCUT2D eigenvalue weighted by Crippen LogP contribution is -2.10. The molecule has 9 aromatic carbocycles. The van der Waals surface area contributed by atoms with E-state index in [-0.39, 0.29) is 0 Å². The Hall–Kier alpha value is -8.27. The van der Waals surface area contributed by atoms with E-state index in [1.165, 1.54) is 33.4 Å². The van der Waals surface area contributed by atoms with Crippen LogP contribution in [0.5, 0.6) is 0 Å². The van der Waals surface area contributed by atoms with E-state index in [9.17, 15) is 0 Å². The fraction of sp³-hybridized carbons (Fsp3) is 0. The molecule has 3 nitrogen and oxygen atoms in total. The van der Waals surface area contributed by atoms with Crippen LogP contribution < -0.4 is 4.90 Å². The van der Waals surface area contributed by atoms with Crippen LogP contribution in [0.3, 0.4) is 0 Å². The number of benzene rings is 9. The summed E-state index contributed by atoms with van der Waals surface area (Å²) in [7, 11) is 0. The SMILES string of the molecule is c1ccc(-c2ccc(N(c3ccc(-c4cccc(-n5c6ccccc6c6nc(-c7ccccc7)ccc65)c4)cc3)c3ccc(-c4ccccc4)c(-c4ccccc4)c3)cc2)cc1. The molecule has 2 heterocycles. The number of pyridine rings is 1. The molecule has 0 aliphatic heterocycles. The predicted molar refractivity (Wildman–Crippen MR) is 260 cm³/mol. The first-order valence-electron chi connectivity index (χ1n) is 21.1. The third kappa shape index (κ3) is 6.92. The Morgan fingerprint density at radius 2 is 0.806 bits per heavy atom. The topological polar surface area (TPSA) is 21.1 Å². The first-order chi connectivity index (χ1) is 30.7. The zero-order chi connectivity index (χ0) is 41.2. The van der Waals surface area contributed by atoms with Gasteiger partial charge in [0, 0.05) is 33.7 Å². The molecule has 0 amide bonds. The van der Waals surface area contributed by atoms with Crippen molar-refractivity contribution in [1.82, 2.24) is 9.55 Å². The number of anilines is 3. The minimum Gasteiger partial charge on any atom is -0.310 e. The van der Waals surface area contributed by atoms with Crippen molar-refractivity contribution < 1.29 is 0 Å². The van der Waals surface area contributed by atoms with E-state index < -0.39 is 0 Å². The van der Waals surface area contributed by atoms with Crippen molar-refractivity contribution in [2.45, 2.75) is 0 Å². The fourth-order valence-corrected chi connectivity index (χ4v) is 8.78. The van der Waals surface area contributed by atoms with Crippen molar-refractivity contribution in [3.63, 3.8) is 0 Å². The molecule has 0 aliphatic rings. The summed E-state index contributed by atoms with van der Waals surface area (Å²) < 4.78 is 2.34. The number of hydrogen-bond acceptors (Lipinski definition) is 2. The van der Waals surface area contributed by atoms with Gasteiger partial charge in [0.2, 0.25) is 0 Å². The van der Waals surface area contributed by atoms with E-state index in [1.807, 2.05) is 6.07 Å². The Kier molecular flexibility index (Phi) is 9.53. The molecule has 0 spiro atoms. The molecule has 0 aliphatic carbocycles. The van der Waals surface area contributed by atoms with Gasteiger partial charge < -0.3 is 9.47 Å². The number of nitrogens with zero attached hydrogens (tertiary/aromatic N) is 3. The minimum atomic E-state index is 0.972. The van der Waals surface area contributed by atoms with E-state index in [1.54, 1.807) is 0 Å². The van der Waals surface area contributed by atoms with Crippen LogP contribution >= 0.6 is 0 Å². The summed E-state index contributed by atoms with van der Waals surface area (Å²) in [4.78, 5) is 7.58. The molecule has 11 rings (SSSR count). The highest BCUT2D eigenvalue weighted by atomic mass is 15.1. The van der Waals surface area contributed by atoms with Crippen molar-refractivity contribution in [3.05, 3.63) is 249 Å². The lowest BCUT2D eigenvalue weighted by molar-refractivity contribution is 1.18. The first-order valence-corrected chi connectivity index (χ1v) is 21.1. The Balaban J connectivity index is 0.998. The van der Waals surface area contributed by atoms with Crippen LogP contribution in [0.4, 0.5) is 17.1 Å². The summed E-state index contributed by atoms with van der Waals surface area (Å²) in [6, 6.07) is 88.9. The second-order valence-electron chi connectivity index (χ2n) is 15.6. The number of para-hydroxylation sites is 1. The average Bonchev–Trinajstić information content (AvgIpc) is 3.69. The van der Waals surface area contributed by atoms with Gasteiger partial charge in [-0.15, -0.1) is 0 Å². The highest BCUT2D eigenvalue weighted by Crippen LogP contribution is 2.42. The van der Waals surface area contributed by atoms with Gasteiger partial charge in [-0.2, -0.15) is 0 Å². The van der Waals surface area contributed by atoms with E-state index >= 15 is 0 Å². The van der Waals surface area contributed by atoms with Gasteiger partial charge in [0.1, 0.15) is 0 Å². The summed E-state index contributed by atoms with van der Waals surface area (Å²) in [5.74, 6) is 0. The molecule has 0 N–H and O–H groups in total. The van der Waals surface area contributed by atoms with Crippen LogP contribution in [0.25, 0.3) is 83.4 Å². The van der Waals surface area contributed by atoms with E-state index in [2.05, 4.69) is 252 Å². The first kappa shape index (κ1) is 36.8. The van der Waals surface area contributed by atoms with Gasteiger partial charge in [-0.25, -0.2) is 4.98 Å². The molecule has 2 aromatic heterocycles. The molecule has 0 fully saturated rings. The molecular weight excluding hydrogens is 751 g/mol. The van der Waals surface area contributed by atoms with Crippen LogP contribution in [0.2, 0.25) is 0 Å². The van der Waals surface area contributed by atoms with Crippen LogP contribution in [0.15, 0.2) is 249 Å². The Bertz CT molecular complexity index is 3300.